The third-order valence-corrected chi connectivity index (χ3v) is 12.9. The molecule has 1 fully saturated rings. The summed E-state index contributed by atoms with van der Waals surface area (Å²) in [7, 11) is 0. The molecule has 0 amide bonds. The molecule has 3 atom stereocenters. The van der Waals surface area contributed by atoms with Crippen LogP contribution in [-0.2, 0) is 0 Å². The summed E-state index contributed by atoms with van der Waals surface area (Å²) in [4.78, 5) is 0. The fraction of sp³-hybridized carbons (Fsp3) is 0.0667. The van der Waals surface area contributed by atoms with Crippen molar-refractivity contribution in [3.63, 3.8) is 0 Å². The maximum absolute atomic E-state index is 6.43. The topological polar surface area (TPSA) is 49.2 Å². The highest BCUT2D eigenvalue weighted by Crippen LogP contribution is 2.43. The number of hydrogen-bond acceptors (Lipinski definition) is 6. The van der Waals surface area contributed by atoms with Crippen LogP contribution in [0.4, 0.5) is 0 Å². The van der Waals surface area contributed by atoms with Crippen molar-refractivity contribution in [2.45, 2.75) is 18.5 Å². The molecular weight excluding hydrogens is 663 g/mol. The Hall–Kier alpha value is -5.34. The van der Waals surface area contributed by atoms with Gasteiger partial charge in [0.1, 0.15) is 11.2 Å². The molecule has 6 heteroatoms. The minimum Gasteiger partial charge on any atom is -0.456 e. The Morgan fingerprint density at radius 1 is 0.412 bits per heavy atom. The number of rotatable bonds is 4. The first-order valence-corrected chi connectivity index (χ1v) is 19.0. The van der Waals surface area contributed by atoms with Crippen LogP contribution in [0.5, 0.6) is 0 Å². The SMILES string of the molecule is c1ccc(C2NC(c3ccc4oc5ccc(-c6cccc7c6sc6ccccc67)cc5c4c3)NC(c3cccc4c3sc3ccccc34)N2)cc1. The van der Waals surface area contributed by atoms with Gasteiger partial charge in [0.05, 0.1) is 18.5 Å². The van der Waals surface area contributed by atoms with Gasteiger partial charge in [0.2, 0.25) is 0 Å². The smallest absolute Gasteiger partial charge is 0.135 e. The van der Waals surface area contributed by atoms with E-state index in [1.807, 2.05) is 22.7 Å². The molecule has 3 aromatic heterocycles. The van der Waals surface area contributed by atoms with Crippen molar-refractivity contribution in [3.8, 4) is 11.1 Å². The van der Waals surface area contributed by atoms with Crippen molar-refractivity contribution in [1.29, 1.82) is 0 Å². The minimum atomic E-state index is -0.115. The summed E-state index contributed by atoms with van der Waals surface area (Å²) < 4.78 is 11.7. The summed E-state index contributed by atoms with van der Waals surface area (Å²) >= 11 is 3.74. The minimum absolute atomic E-state index is 0.0581. The van der Waals surface area contributed by atoms with Crippen LogP contribution in [0.2, 0.25) is 0 Å². The molecule has 4 nitrogen and oxygen atoms in total. The fourth-order valence-corrected chi connectivity index (χ4v) is 10.5. The summed E-state index contributed by atoms with van der Waals surface area (Å²) in [6.07, 6.45) is -0.253. The number of furan rings is 1. The van der Waals surface area contributed by atoms with E-state index < -0.39 is 0 Å². The Labute approximate surface area is 302 Å². The average Bonchev–Trinajstić information content (AvgIpc) is 3.89. The Kier molecular flexibility index (Phi) is 6.69. The zero-order valence-corrected chi connectivity index (χ0v) is 29.0. The first kappa shape index (κ1) is 29.4. The molecule has 51 heavy (non-hydrogen) atoms. The molecule has 1 saturated heterocycles. The lowest BCUT2D eigenvalue weighted by molar-refractivity contribution is 0.204. The maximum atomic E-state index is 6.43. The number of hydrogen-bond donors (Lipinski definition) is 3. The molecule has 1 aliphatic rings. The summed E-state index contributed by atoms with van der Waals surface area (Å²) in [6, 6.07) is 54.7. The van der Waals surface area contributed by atoms with Gasteiger partial charge < -0.3 is 4.42 Å². The monoisotopic (exact) mass is 693 g/mol. The summed E-state index contributed by atoms with van der Waals surface area (Å²) in [5, 5.41) is 19.2. The van der Waals surface area contributed by atoms with Crippen molar-refractivity contribution in [1.82, 2.24) is 16.0 Å². The predicted octanol–water partition coefficient (Wildman–Crippen LogP) is 12.2. The lowest BCUT2D eigenvalue weighted by atomic mass is 9.99. The first-order chi connectivity index (χ1) is 25.2. The van der Waals surface area contributed by atoms with Crippen molar-refractivity contribution in [2.24, 2.45) is 0 Å². The second kappa shape index (κ2) is 11.6. The molecular formula is C45H31N3OS2. The molecule has 1 aliphatic heterocycles. The normalized spacial score (nSPS) is 18.2. The van der Waals surface area contributed by atoms with Gasteiger partial charge in [-0.3, -0.25) is 16.0 Å². The zero-order valence-electron chi connectivity index (χ0n) is 27.4. The molecule has 3 N–H and O–H groups in total. The van der Waals surface area contributed by atoms with E-state index in [0.29, 0.717) is 0 Å². The predicted molar refractivity (Wildman–Crippen MR) is 215 cm³/mol. The largest absolute Gasteiger partial charge is 0.456 e. The molecule has 0 spiro atoms. The van der Waals surface area contributed by atoms with Crippen LogP contribution in [-0.4, -0.2) is 0 Å². The Bertz CT molecular complexity index is 2940. The zero-order chi connectivity index (χ0) is 33.5. The Morgan fingerprint density at radius 3 is 1.78 bits per heavy atom. The summed E-state index contributed by atoms with van der Waals surface area (Å²) in [5.41, 5.74) is 7.88. The Balaban J connectivity index is 1.02. The van der Waals surface area contributed by atoms with Crippen molar-refractivity contribution in [2.75, 3.05) is 0 Å². The summed E-state index contributed by atoms with van der Waals surface area (Å²) in [6.45, 7) is 0. The lowest BCUT2D eigenvalue weighted by Crippen LogP contribution is -2.54. The van der Waals surface area contributed by atoms with E-state index >= 15 is 0 Å². The molecule has 0 aliphatic carbocycles. The van der Waals surface area contributed by atoms with Gasteiger partial charge in [0.25, 0.3) is 0 Å². The maximum Gasteiger partial charge on any atom is 0.135 e. The van der Waals surface area contributed by atoms with Gasteiger partial charge >= 0.3 is 0 Å². The van der Waals surface area contributed by atoms with Gasteiger partial charge in [-0.15, -0.1) is 22.7 Å². The van der Waals surface area contributed by atoms with E-state index in [1.165, 1.54) is 62.6 Å². The van der Waals surface area contributed by atoms with E-state index in [0.717, 1.165) is 27.5 Å². The quantitative estimate of drug-likeness (QED) is 0.172. The average molecular weight is 694 g/mol. The van der Waals surface area contributed by atoms with Crippen LogP contribution < -0.4 is 16.0 Å². The number of thiophene rings is 2. The second-order valence-electron chi connectivity index (χ2n) is 13.4. The van der Waals surface area contributed by atoms with Gasteiger partial charge in [-0.25, -0.2) is 0 Å². The molecule has 0 bridgehead atoms. The van der Waals surface area contributed by atoms with Gasteiger partial charge in [-0.2, -0.15) is 0 Å². The molecule has 0 radical (unpaired) electrons. The fourth-order valence-electron chi connectivity index (χ4n) is 7.97. The van der Waals surface area contributed by atoms with E-state index in [9.17, 15) is 0 Å². The first-order valence-electron chi connectivity index (χ1n) is 17.4. The van der Waals surface area contributed by atoms with Gasteiger partial charge in [0.15, 0.2) is 0 Å². The van der Waals surface area contributed by atoms with Crippen LogP contribution in [0.25, 0.3) is 73.4 Å². The van der Waals surface area contributed by atoms with E-state index in [4.69, 9.17) is 4.42 Å². The highest BCUT2D eigenvalue weighted by molar-refractivity contribution is 7.26. The molecule has 3 unspecified atom stereocenters. The molecule has 10 aromatic rings. The van der Waals surface area contributed by atoms with E-state index in [1.54, 1.807) is 0 Å². The molecule has 0 saturated carbocycles. The van der Waals surface area contributed by atoms with E-state index in [2.05, 4.69) is 168 Å². The number of fused-ring (bicyclic) bond motifs is 9. The van der Waals surface area contributed by atoms with Gasteiger partial charge in [-0.05, 0) is 58.7 Å². The van der Waals surface area contributed by atoms with Crippen LogP contribution in [0.1, 0.15) is 35.2 Å². The van der Waals surface area contributed by atoms with Crippen LogP contribution >= 0.6 is 22.7 Å². The molecule has 244 valence electrons. The molecule has 7 aromatic carbocycles. The van der Waals surface area contributed by atoms with Crippen LogP contribution in [0, 0.1) is 0 Å². The van der Waals surface area contributed by atoms with Gasteiger partial charge in [-0.1, -0.05) is 115 Å². The van der Waals surface area contributed by atoms with Crippen LogP contribution in [0.3, 0.4) is 0 Å². The number of nitrogens with one attached hydrogen (secondary N) is 3. The number of benzene rings is 7. The highest BCUT2D eigenvalue weighted by atomic mass is 32.1. The third kappa shape index (κ3) is 4.76. The molecule has 4 heterocycles. The lowest BCUT2D eigenvalue weighted by Gasteiger charge is -2.39. The highest BCUT2D eigenvalue weighted by Gasteiger charge is 2.31. The van der Waals surface area contributed by atoms with E-state index in [-0.39, 0.29) is 18.5 Å². The van der Waals surface area contributed by atoms with Crippen molar-refractivity contribution < 1.29 is 4.42 Å². The van der Waals surface area contributed by atoms with Crippen molar-refractivity contribution in [3.05, 3.63) is 168 Å². The van der Waals surface area contributed by atoms with Crippen molar-refractivity contribution >= 4 is 85.0 Å². The third-order valence-electron chi connectivity index (χ3n) is 10.4. The molecule has 11 rings (SSSR count). The van der Waals surface area contributed by atoms with Gasteiger partial charge in [0, 0.05) is 56.7 Å². The van der Waals surface area contributed by atoms with Crippen LogP contribution in [0.15, 0.2) is 156 Å². The standard InChI is InChI=1S/C45H31N3OS2/c1-2-10-26(11-3-1)43-46-44(48-45(47-43)34-17-9-16-33-31-13-5-7-19-40(31)51-42(33)34)28-21-23-38-36(25-28)35-24-27(20-22-37(35)49-38)29-14-8-15-32-30-12-4-6-18-39(30)50-41(29)32/h1-25,43-48H. The Morgan fingerprint density at radius 2 is 1.00 bits per heavy atom. The second-order valence-corrected chi connectivity index (χ2v) is 15.5. The summed E-state index contributed by atoms with van der Waals surface area (Å²) in [5.74, 6) is 0.